The second kappa shape index (κ2) is 5.62. The highest BCUT2D eigenvalue weighted by atomic mass is 35.5. The SMILES string of the molecule is CCCC/C(C(=O)Cl)=C(\C)Cl. The van der Waals surface area contributed by atoms with Crippen molar-refractivity contribution in [3.05, 3.63) is 10.6 Å². The number of hydrogen-bond donors (Lipinski definition) is 0. The summed E-state index contributed by atoms with van der Waals surface area (Å²) in [4.78, 5) is 10.7. The van der Waals surface area contributed by atoms with E-state index in [1.807, 2.05) is 0 Å². The first-order chi connectivity index (χ1) is 5.09. The summed E-state index contributed by atoms with van der Waals surface area (Å²) < 4.78 is 0. The Morgan fingerprint density at radius 2 is 1.91 bits per heavy atom. The molecule has 0 aromatic carbocycles. The molecule has 0 aliphatic carbocycles. The second-order valence-electron chi connectivity index (χ2n) is 2.39. The molecule has 0 aromatic heterocycles. The molecule has 0 spiro atoms. The molecule has 0 atom stereocenters. The molecule has 0 bridgehead atoms. The van der Waals surface area contributed by atoms with Gasteiger partial charge in [-0.2, -0.15) is 0 Å². The summed E-state index contributed by atoms with van der Waals surface area (Å²) in [7, 11) is 0. The molecule has 1 nitrogen and oxygen atoms in total. The highest BCUT2D eigenvalue weighted by Crippen LogP contribution is 2.17. The third-order valence-electron chi connectivity index (χ3n) is 1.43. The van der Waals surface area contributed by atoms with Gasteiger partial charge in [0.25, 0.3) is 0 Å². The van der Waals surface area contributed by atoms with E-state index < -0.39 is 5.24 Å². The number of carbonyl (C=O) groups excluding carboxylic acids is 1. The third kappa shape index (κ3) is 4.44. The standard InChI is InChI=1S/C8H12Cl2O/c1-3-4-5-7(6(2)9)8(10)11/h3-5H2,1-2H3/b7-6-. The van der Waals surface area contributed by atoms with Crippen LogP contribution in [0.2, 0.25) is 0 Å². The van der Waals surface area contributed by atoms with Gasteiger partial charge in [0, 0.05) is 10.6 Å². The van der Waals surface area contributed by atoms with Crippen molar-refractivity contribution in [2.45, 2.75) is 33.1 Å². The number of rotatable bonds is 4. The molecule has 0 aliphatic heterocycles. The highest BCUT2D eigenvalue weighted by Gasteiger charge is 2.07. The van der Waals surface area contributed by atoms with Crippen LogP contribution in [-0.4, -0.2) is 5.24 Å². The second-order valence-corrected chi connectivity index (χ2v) is 3.30. The molecule has 64 valence electrons. The zero-order valence-corrected chi connectivity index (χ0v) is 8.30. The van der Waals surface area contributed by atoms with Gasteiger partial charge in [-0.3, -0.25) is 4.79 Å². The Hall–Kier alpha value is -0.0100. The van der Waals surface area contributed by atoms with Crippen molar-refractivity contribution < 1.29 is 4.79 Å². The molecule has 0 rings (SSSR count). The summed E-state index contributed by atoms with van der Waals surface area (Å²) in [6, 6.07) is 0. The summed E-state index contributed by atoms with van der Waals surface area (Å²) in [5.74, 6) is 0. The van der Waals surface area contributed by atoms with Crippen LogP contribution in [0.4, 0.5) is 0 Å². The predicted molar refractivity (Wildman–Crippen MR) is 48.9 cm³/mol. The first-order valence-electron chi connectivity index (χ1n) is 3.64. The lowest BCUT2D eigenvalue weighted by atomic mass is 10.1. The van der Waals surface area contributed by atoms with Gasteiger partial charge < -0.3 is 0 Å². The van der Waals surface area contributed by atoms with Gasteiger partial charge in [-0.1, -0.05) is 24.9 Å². The molecule has 0 saturated heterocycles. The van der Waals surface area contributed by atoms with E-state index >= 15 is 0 Å². The molecule has 0 heterocycles. The maximum Gasteiger partial charge on any atom is 0.249 e. The van der Waals surface area contributed by atoms with Crippen LogP contribution >= 0.6 is 23.2 Å². The van der Waals surface area contributed by atoms with Gasteiger partial charge in [-0.15, -0.1) is 0 Å². The van der Waals surface area contributed by atoms with Crippen molar-refractivity contribution in [2.75, 3.05) is 0 Å². The van der Waals surface area contributed by atoms with Gasteiger partial charge in [0.15, 0.2) is 0 Å². The van der Waals surface area contributed by atoms with E-state index in [0.29, 0.717) is 17.0 Å². The Labute approximate surface area is 77.4 Å². The average molecular weight is 195 g/mol. The number of carbonyl (C=O) groups is 1. The zero-order chi connectivity index (χ0) is 8.85. The van der Waals surface area contributed by atoms with Gasteiger partial charge in [-0.25, -0.2) is 0 Å². The fourth-order valence-electron chi connectivity index (χ4n) is 0.759. The van der Waals surface area contributed by atoms with Gasteiger partial charge in [0.1, 0.15) is 0 Å². The summed E-state index contributed by atoms with van der Waals surface area (Å²) in [5, 5.41) is 0.0874. The molecule has 0 fully saturated rings. The summed E-state index contributed by atoms with van der Waals surface area (Å²) in [6.45, 7) is 3.74. The van der Waals surface area contributed by atoms with Crippen molar-refractivity contribution in [1.82, 2.24) is 0 Å². The molecule has 0 N–H and O–H groups in total. The lowest BCUT2D eigenvalue weighted by Crippen LogP contribution is -1.95. The molecule has 0 radical (unpaired) electrons. The van der Waals surface area contributed by atoms with Crippen LogP contribution in [0.3, 0.4) is 0 Å². The first kappa shape index (κ1) is 11.0. The molecule has 0 saturated carbocycles. The van der Waals surface area contributed by atoms with E-state index in [1.165, 1.54) is 0 Å². The van der Waals surface area contributed by atoms with Crippen LogP contribution in [0.1, 0.15) is 33.1 Å². The highest BCUT2D eigenvalue weighted by molar-refractivity contribution is 6.68. The Bertz CT molecular complexity index is 169. The van der Waals surface area contributed by atoms with E-state index in [-0.39, 0.29) is 0 Å². The lowest BCUT2D eigenvalue weighted by Gasteiger charge is -2.00. The lowest BCUT2D eigenvalue weighted by molar-refractivity contribution is -0.108. The van der Waals surface area contributed by atoms with Gasteiger partial charge >= 0.3 is 0 Å². The zero-order valence-electron chi connectivity index (χ0n) is 6.79. The molecule has 0 amide bonds. The fourth-order valence-corrected chi connectivity index (χ4v) is 1.22. The van der Waals surface area contributed by atoms with Crippen molar-refractivity contribution in [2.24, 2.45) is 0 Å². The Morgan fingerprint density at radius 1 is 1.36 bits per heavy atom. The first-order valence-corrected chi connectivity index (χ1v) is 4.40. The van der Waals surface area contributed by atoms with E-state index in [4.69, 9.17) is 23.2 Å². The molecular weight excluding hydrogens is 183 g/mol. The maximum atomic E-state index is 10.7. The van der Waals surface area contributed by atoms with Crippen molar-refractivity contribution in [3.63, 3.8) is 0 Å². The van der Waals surface area contributed by atoms with E-state index in [0.717, 1.165) is 12.8 Å². The Balaban J connectivity index is 4.14. The molecule has 11 heavy (non-hydrogen) atoms. The Kier molecular flexibility index (Phi) is 5.61. The molecule has 3 heteroatoms. The van der Waals surface area contributed by atoms with E-state index in [1.54, 1.807) is 6.92 Å². The smallest absolute Gasteiger partial charge is 0.249 e. The normalized spacial score (nSPS) is 12.7. The number of hydrogen-bond acceptors (Lipinski definition) is 1. The van der Waals surface area contributed by atoms with Crippen LogP contribution in [0.5, 0.6) is 0 Å². The minimum Gasteiger partial charge on any atom is -0.276 e. The van der Waals surface area contributed by atoms with Crippen LogP contribution < -0.4 is 0 Å². The van der Waals surface area contributed by atoms with Crippen molar-refractivity contribution in [1.29, 1.82) is 0 Å². The largest absolute Gasteiger partial charge is 0.276 e. The molecular formula is C8H12Cl2O. The maximum absolute atomic E-state index is 10.7. The van der Waals surface area contributed by atoms with Gasteiger partial charge in [0.05, 0.1) is 0 Å². The van der Waals surface area contributed by atoms with Crippen LogP contribution in [0, 0.1) is 0 Å². The minimum absolute atomic E-state index is 0.425. The van der Waals surface area contributed by atoms with Crippen molar-refractivity contribution >= 4 is 28.4 Å². The van der Waals surface area contributed by atoms with Crippen LogP contribution in [-0.2, 0) is 4.79 Å². The van der Waals surface area contributed by atoms with Gasteiger partial charge in [-0.05, 0) is 31.4 Å². The number of unbranched alkanes of at least 4 members (excludes halogenated alkanes) is 1. The monoisotopic (exact) mass is 194 g/mol. The van der Waals surface area contributed by atoms with Gasteiger partial charge in [0.2, 0.25) is 5.24 Å². The molecule has 0 unspecified atom stereocenters. The summed E-state index contributed by atoms with van der Waals surface area (Å²) >= 11 is 10.9. The predicted octanol–water partition coefficient (Wildman–Crippen LogP) is 3.45. The van der Waals surface area contributed by atoms with E-state index in [9.17, 15) is 4.79 Å². The minimum atomic E-state index is -0.425. The quantitative estimate of drug-likeness (QED) is 0.495. The topological polar surface area (TPSA) is 17.1 Å². The summed E-state index contributed by atoms with van der Waals surface area (Å²) in [6.07, 6.45) is 2.68. The molecule has 0 aliphatic rings. The molecule has 0 aromatic rings. The van der Waals surface area contributed by atoms with Crippen LogP contribution in [0.25, 0.3) is 0 Å². The van der Waals surface area contributed by atoms with Crippen LogP contribution in [0.15, 0.2) is 10.6 Å². The number of halogens is 2. The van der Waals surface area contributed by atoms with Crippen molar-refractivity contribution in [3.8, 4) is 0 Å². The average Bonchev–Trinajstić information content (AvgIpc) is 1.87. The third-order valence-corrected chi connectivity index (χ3v) is 1.89. The Morgan fingerprint density at radius 3 is 2.18 bits per heavy atom. The van der Waals surface area contributed by atoms with E-state index in [2.05, 4.69) is 6.92 Å². The number of allylic oxidation sites excluding steroid dienone is 2. The summed E-state index contributed by atoms with van der Waals surface area (Å²) in [5.41, 5.74) is 0.551. The fraction of sp³-hybridized carbons (Fsp3) is 0.625.